The highest BCUT2D eigenvalue weighted by molar-refractivity contribution is 7.88. The molecule has 0 unspecified atom stereocenters. The molecule has 0 radical (unpaired) electrons. The zero-order valence-corrected chi connectivity index (χ0v) is 22.6. The highest BCUT2D eigenvalue weighted by atomic mass is 35.5. The maximum atomic E-state index is 13.2. The molecule has 0 saturated carbocycles. The monoisotopic (exact) mass is 557 g/mol. The van der Waals surface area contributed by atoms with Crippen molar-refractivity contribution in [1.82, 2.24) is 20.3 Å². The van der Waals surface area contributed by atoms with E-state index >= 15 is 0 Å². The Hall–Kier alpha value is -3.31. The molecule has 0 fully saturated rings. The molecule has 2 amide bonds. The zero-order chi connectivity index (χ0) is 27.5. The summed E-state index contributed by atoms with van der Waals surface area (Å²) >= 11 is 6.06. The fourth-order valence-electron chi connectivity index (χ4n) is 3.81. The molecule has 0 bridgehead atoms. The summed E-state index contributed by atoms with van der Waals surface area (Å²) in [6.07, 6.45) is 2.16. The van der Waals surface area contributed by atoms with Crippen LogP contribution in [0.5, 0.6) is 0 Å². The first-order valence-electron chi connectivity index (χ1n) is 12.2. The van der Waals surface area contributed by atoms with Gasteiger partial charge in [-0.05, 0) is 60.7 Å². The number of nitrogens with one attached hydrogen (secondary N) is 3. The van der Waals surface area contributed by atoms with Crippen LogP contribution in [0, 0.1) is 0 Å². The minimum atomic E-state index is -3.85. The number of benzene rings is 2. The first kappa shape index (κ1) is 29.2. The molecule has 0 saturated heterocycles. The van der Waals surface area contributed by atoms with Gasteiger partial charge in [0.25, 0.3) is 0 Å². The second-order valence-corrected chi connectivity index (χ2v) is 11.0. The number of aryl methyl sites for hydroxylation is 1. The number of aromatic nitrogens is 1. The standard InChI is InChI=1S/C27H32ClN5O4S/c1-19(26(34)31-17-22-15-23(28)11-10-21(22)16-29)32-27(35)25(13-12-24-9-5-6-14-30-24)33-38(36,37)18-20-7-3-2-4-8-20/h2-11,14-15,19,25,33H,12-13,16-18,29H2,1H3,(H,31,34)(H,32,35)/t19-,25-/m1/s1. The van der Waals surface area contributed by atoms with Gasteiger partial charge in [-0.15, -0.1) is 0 Å². The molecular weight excluding hydrogens is 526 g/mol. The van der Waals surface area contributed by atoms with E-state index in [-0.39, 0.29) is 25.3 Å². The topological polar surface area (TPSA) is 143 Å². The van der Waals surface area contributed by atoms with Crippen LogP contribution in [0.1, 0.15) is 35.7 Å². The molecule has 3 aromatic rings. The van der Waals surface area contributed by atoms with Crippen molar-refractivity contribution in [2.45, 2.75) is 50.7 Å². The van der Waals surface area contributed by atoms with Crippen molar-refractivity contribution in [3.8, 4) is 0 Å². The van der Waals surface area contributed by atoms with Crippen molar-refractivity contribution in [1.29, 1.82) is 0 Å². The minimum Gasteiger partial charge on any atom is -0.350 e. The van der Waals surface area contributed by atoms with Gasteiger partial charge >= 0.3 is 0 Å². The van der Waals surface area contributed by atoms with E-state index in [2.05, 4.69) is 20.3 Å². The summed E-state index contributed by atoms with van der Waals surface area (Å²) in [5.41, 5.74) is 8.69. The maximum Gasteiger partial charge on any atom is 0.242 e. The summed E-state index contributed by atoms with van der Waals surface area (Å²) in [5.74, 6) is -1.32. The molecule has 0 aliphatic heterocycles. The summed E-state index contributed by atoms with van der Waals surface area (Å²) in [6.45, 7) is 2.00. The zero-order valence-electron chi connectivity index (χ0n) is 21.1. The van der Waals surface area contributed by atoms with E-state index in [9.17, 15) is 18.0 Å². The first-order chi connectivity index (χ1) is 18.2. The average molecular weight is 558 g/mol. The predicted octanol–water partition coefficient (Wildman–Crippen LogP) is 2.44. The Bertz CT molecular complexity index is 1320. The van der Waals surface area contributed by atoms with Gasteiger partial charge in [0.1, 0.15) is 12.1 Å². The molecule has 0 spiro atoms. The number of hydrogen-bond donors (Lipinski definition) is 4. The van der Waals surface area contributed by atoms with Gasteiger partial charge in [0.05, 0.1) is 5.75 Å². The van der Waals surface area contributed by atoms with Gasteiger partial charge in [-0.25, -0.2) is 13.1 Å². The Morgan fingerprint density at radius 3 is 2.42 bits per heavy atom. The third kappa shape index (κ3) is 9.21. The number of pyridine rings is 1. The number of hydrogen-bond acceptors (Lipinski definition) is 6. The van der Waals surface area contributed by atoms with E-state index in [1.807, 2.05) is 6.07 Å². The van der Waals surface area contributed by atoms with E-state index in [4.69, 9.17) is 17.3 Å². The van der Waals surface area contributed by atoms with Crippen LogP contribution in [-0.4, -0.2) is 37.3 Å². The maximum absolute atomic E-state index is 13.2. The van der Waals surface area contributed by atoms with Gasteiger partial charge in [-0.3, -0.25) is 14.6 Å². The van der Waals surface area contributed by atoms with Crippen LogP contribution in [0.2, 0.25) is 5.02 Å². The average Bonchev–Trinajstić information content (AvgIpc) is 2.90. The van der Waals surface area contributed by atoms with Crippen LogP contribution in [-0.2, 0) is 44.9 Å². The first-order valence-corrected chi connectivity index (χ1v) is 14.2. The van der Waals surface area contributed by atoms with Crippen molar-refractivity contribution < 1.29 is 18.0 Å². The van der Waals surface area contributed by atoms with Crippen LogP contribution in [0.25, 0.3) is 0 Å². The lowest BCUT2D eigenvalue weighted by molar-refractivity contribution is -0.129. The van der Waals surface area contributed by atoms with Crippen LogP contribution in [0.15, 0.2) is 72.9 Å². The number of sulfonamides is 1. The molecule has 3 rings (SSSR count). The predicted molar refractivity (Wildman–Crippen MR) is 147 cm³/mol. The summed E-state index contributed by atoms with van der Waals surface area (Å²) in [4.78, 5) is 30.1. The van der Waals surface area contributed by atoms with Gasteiger partial charge in [0, 0.05) is 30.0 Å². The van der Waals surface area contributed by atoms with Gasteiger partial charge in [0.2, 0.25) is 21.8 Å². The van der Waals surface area contributed by atoms with Crippen LogP contribution in [0.4, 0.5) is 0 Å². The van der Waals surface area contributed by atoms with Crippen LogP contribution >= 0.6 is 11.6 Å². The number of halogens is 1. The van der Waals surface area contributed by atoms with Crippen LogP contribution in [0.3, 0.4) is 0 Å². The Morgan fingerprint density at radius 2 is 1.74 bits per heavy atom. The van der Waals surface area contributed by atoms with Crippen molar-refractivity contribution >= 4 is 33.4 Å². The molecule has 38 heavy (non-hydrogen) atoms. The van der Waals surface area contributed by atoms with E-state index in [0.717, 1.165) is 16.8 Å². The fraction of sp³-hybridized carbons (Fsp3) is 0.296. The largest absolute Gasteiger partial charge is 0.350 e. The number of carbonyl (C=O) groups is 2. The molecule has 1 heterocycles. The second kappa shape index (κ2) is 14.0. The highest BCUT2D eigenvalue weighted by Crippen LogP contribution is 2.16. The molecule has 1 aromatic heterocycles. The second-order valence-electron chi connectivity index (χ2n) is 8.84. The third-order valence-electron chi connectivity index (χ3n) is 5.85. The van der Waals surface area contributed by atoms with Crippen molar-refractivity contribution in [2.75, 3.05) is 0 Å². The van der Waals surface area contributed by atoms with E-state index in [1.165, 1.54) is 6.92 Å². The number of carbonyl (C=O) groups excluding carboxylic acids is 2. The lowest BCUT2D eigenvalue weighted by Crippen LogP contribution is -2.52. The van der Waals surface area contributed by atoms with Crippen molar-refractivity contribution in [3.63, 3.8) is 0 Å². The Balaban J connectivity index is 1.66. The van der Waals surface area contributed by atoms with Gasteiger partial charge in [-0.2, -0.15) is 0 Å². The number of nitrogens with two attached hydrogens (primary N) is 1. The fourth-order valence-corrected chi connectivity index (χ4v) is 5.37. The Morgan fingerprint density at radius 1 is 1.00 bits per heavy atom. The molecule has 5 N–H and O–H groups in total. The van der Waals surface area contributed by atoms with Gasteiger partial charge in [-0.1, -0.05) is 54.1 Å². The van der Waals surface area contributed by atoms with Crippen molar-refractivity contribution in [3.05, 3.63) is 100 Å². The summed E-state index contributed by atoms with van der Waals surface area (Å²) in [5, 5.41) is 5.92. The minimum absolute atomic E-state index is 0.160. The summed E-state index contributed by atoms with van der Waals surface area (Å²) in [7, 11) is -3.85. The quantitative estimate of drug-likeness (QED) is 0.254. The molecule has 2 atom stereocenters. The Kier molecular flexibility index (Phi) is 10.8. The molecule has 11 heteroatoms. The lowest BCUT2D eigenvalue weighted by Gasteiger charge is -2.21. The van der Waals surface area contributed by atoms with E-state index in [1.54, 1.807) is 66.9 Å². The van der Waals surface area contributed by atoms with E-state index < -0.39 is 33.9 Å². The summed E-state index contributed by atoms with van der Waals surface area (Å²) in [6, 6.07) is 17.3. The van der Waals surface area contributed by atoms with Gasteiger partial charge < -0.3 is 16.4 Å². The number of amides is 2. The molecule has 0 aliphatic rings. The number of rotatable bonds is 13. The van der Waals surface area contributed by atoms with Gasteiger partial charge in [0.15, 0.2) is 0 Å². The van der Waals surface area contributed by atoms with Crippen LogP contribution < -0.4 is 21.1 Å². The molecule has 0 aliphatic carbocycles. The smallest absolute Gasteiger partial charge is 0.242 e. The lowest BCUT2D eigenvalue weighted by atomic mass is 10.1. The molecule has 9 nitrogen and oxygen atoms in total. The van der Waals surface area contributed by atoms with Crippen molar-refractivity contribution in [2.24, 2.45) is 5.73 Å². The molecule has 2 aromatic carbocycles. The number of nitrogens with zero attached hydrogens (tertiary/aromatic N) is 1. The highest BCUT2D eigenvalue weighted by Gasteiger charge is 2.27. The Labute approximate surface area is 228 Å². The molecule has 202 valence electrons. The summed E-state index contributed by atoms with van der Waals surface area (Å²) < 4.78 is 28.3. The normalized spacial score (nSPS) is 12.9. The SMILES string of the molecule is C[C@@H](NC(=O)[C@@H](CCc1ccccn1)NS(=O)(=O)Cc1ccccc1)C(=O)NCc1cc(Cl)ccc1CN. The molecular formula is C27H32ClN5O4S. The third-order valence-corrected chi connectivity index (χ3v) is 7.44. The van der Waals surface area contributed by atoms with E-state index in [0.29, 0.717) is 17.0 Å².